The Morgan fingerprint density at radius 3 is 2.11 bits per heavy atom. The van der Waals surface area contributed by atoms with Gasteiger partial charge in [0.15, 0.2) is 5.96 Å². The number of amides is 1. The van der Waals surface area contributed by atoms with Crippen LogP contribution >= 0.6 is 24.0 Å². The van der Waals surface area contributed by atoms with E-state index in [-0.39, 0.29) is 35.3 Å². The molecular formula is C20H41IN4O2. The van der Waals surface area contributed by atoms with Crippen molar-refractivity contribution in [3.8, 4) is 0 Å². The summed E-state index contributed by atoms with van der Waals surface area (Å²) in [4.78, 5) is 19.1. The number of nitrogens with zero attached hydrogens (tertiary/aromatic N) is 2. The van der Waals surface area contributed by atoms with Gasteiger partial charge in [-0.3, -0.25) is 9.79 Å². The minimum Gasteiger partial charge on any atom is -0.388 e. The van der Waals surface area contributed by atoms with E-state index in [1.165, 1.54) is 0 Å². The fourth-order valence-electron chi connectivity index (χ4n) is 4.03. The van der Waals surface area contributed by atoms with Gasteiger partial charge < -0.3 is 20.6 Å². The van der Waals surface area contributed by atoms with E-state index >= 15 is 0 Å². The molecule has 1 amide bonds. The van der Waals surface area contributed by atoms with Crippen LogP contribution in [0.15, 0.2) is 4.99 Å². The highest BCUT2D eigenvalue weighted by Gasteiger charge is 2.42. The number of guanidine groups is 1. The monoisotopic (exact) mass is 496 g/mol. The fourth-order valence-corrected chi connectivity index (χ4v) is 4.03. The second-order valence-electron chi connectivity index (χ2n) is 7.96. The SMILES string of the molecule is CCCC(O)(CCC)CN=C(NCC)NCC1(C(=O)N(C)C)CCCC1.I. The molecule has 1 fully saturated rings. The summed E-state index contributed by atoms with van der Waals surface area (Å²) in [5.74, 6) is 0.891. The standard InChI is InChI=1S/C20H40N4O2.HI/c1-6-11-20(26,12-7-2)16-23-18(21-8-3)22-15-19(13-9-10-14-19)17(25)24(4)5;/h26H,6-16H2,1-5H3,(H2,21,22,23);1H. The highest BCUT2D eigenvalue weighted by atomic mass is 127. The van der Waals surface area contributed by atoms with Gasteiger partial charge in [0.25, 0.3) is 0 Å². The molecule has 0 saturated heterocycles. The Balaban J connectivity index is 0.00000676. The van der Waals surface area contributed by atoms with E-state index in [0.29, 0.717) is 19.0 Å². The van der Waals surface area contributed by atoms with E-state index in [9.17, 15) is 9.90 Å². The highest BCUT2D eigenvalue weighted by Crippen LogP contribution is 2.38. The molecule has 0 spiro atoms. The lowest BCUT2D eigenvalue weighted by atomic mass is 9.84. The normalized spacial score (nSPS) is 16.6. The van der Waals surface area contributed by atoms with Crippen molar-refractivity contribution >= 4 is 35.8 Å². The Hall–Kier alpha value is -0.570. The third-order valence-electron chi connectivity index (χ3n) is 5.32. The van der Waals surface area contributed by atoms with Crippen molar-refractivity contribution in [1.82, 2.24) is 15.5 Å². The molecule has 1 aliphatic rings. The Morgan fingerprint density at radius 1 is 1.11 bits per heavy atom. The van der Waals surface area contributed by atoms with Crippen molar-refractivity contribution in [3.63, 3.8) is 0 Å². The van der Waals surface area contributed by atoms with Crippen molar-refractivity contribution in [1.29, 1.82) is 0 Å². The van der Waals surface area contributed by atoms with E-state index in [4.69, 9.17) is 0 Å². The number of carbonyl (C=O) groups is 1. The molecule has 1 rings (SSSR count). The lowest BCUT2D eigenvalue weighted by Gasteiger charge is -2.31. The second-order valence-corrected chi connectivity index (χ2v) is 7.96. The summed E-state index contributed by atoms with van der Waals surface area (Å²) in [6, 6.07) is 0. The molecule has 0 aliphatic heterocycles. The third-order valence-corrected chi connectivity index (χ3v) is 5.32. The van der Waals surface area contributed by atoms with E-state index in [1.54, 1.807) is 4.90 Å². The van der Waals surface area contributed by atoms with Crippen LogP contribution in [0.3, 0.4) is 0 Å². The summed E-state index contributed by atoms with van der Waals surface area (Å²) in [7, 11) is 3.66. The number of halogens is 1. The summed E-state index contributed by atoms with van der Waals surface area (Å²) in [6.45, 7) is 7.93. The quantitative estimate of drug-likeness (QED) is 0.247. The summed E-state index contributed by atoms with van der Waals surface area (Å²) in [6.07, 6.45) is 7.44. The molecule has 0 unspecified atom stereocenters. The van der Waals surface area contributed by atoms with Gasteiger partial charge in [0.2, 0.25) is 5.91 Å². The zero-order chi connectivity index (χ0) is 19.6. The average Bonchev–Trinajstić information content (AvgIpc) is 3.07. The van der Waals surface area contributed by atoms with Crippen LogP contribution in [0.1, 0.15) is 72.1 Å². The van der Waals surface area contributed by atoms with Crippen LogP contribution in [0.25, 0.3) is 0 Å². The van der Waals surface area contributed by atoms with Gasteiger partial charge in [-0.25, -0.2) is 0 Å². The van der Waals surface area contributed by atoms with Gasteiger partial charge in [0, 0.05) is 27.2 Å². The third kappa shape index (κ3) is 8.13. The van der Waals surface area contributed by atoms with Gasteiger partial charge in [0.05, 0.1) is 17.6 Å². The molecule has 160 valence electrons. The van der Waals surface area contributed by atoms with Crippen LogP contribution in [-0.2, 0) is 4.79 Å². The first-order chi connectivity index (χ1) is 12.3. The Kier molecular flexibility index (Phi) is 12.5. The van der Waals surface area contributed by atoms with Crippen LogP contribution < -0.4 is 10.6 Å². The minimum absolute atomic E-state index is 0. The van der Waals surface area contributed by atoms with Crippen molar-refractivity contribution in [2.75, 3.05) is 33.7 Å². The maximum Gasteiger partial charge on any atom is 0.230 e. The summed E-state index contributed by atoms with van der Waals surface area (Å²) in [5.41, 5.74) is -1.07. The van der Waals surface area contributed by atoms with Crippen LogP contribution in [0, 0.1) is 5.41 Å². The van der Waals surface area contributed by atoms with Gasteiger partial charge >= 0.3 is 0 Å². The van der Waals surface area contributed by atoms with Crippen LogP contribution in [0.2, 0.25) is 0 Å². The van der Waals surface area contributed by atoms with Gasteiger partial charge in [-0.15, -0.1) is 24.0 Å². The number of aliphatic imine (C=N–C) groups is 1. The lowest BCUT2D eigenvalue weighted by Crippen LogP contribution is -2.49. The molecule has 27 heavy (non-hydrogen) atoms. The van der Waals surface area contributed by atoms with Gasteiger partial charge in [0.1, 0.15) is 0 Å². The Bertz CT molecular complexity index is 457. The molecule has 0 heterocycles. The molecule has 0 bridgehead atoms. The van der Waals surface area contributed by atoms with Crippen molar-refractivity contribution in [2.45, 2.75) is 77.7 Å². The topological polar surface area (TPSA) is 77.0 Å². The van der Waals surface area contributed by atoms with E-state index < -0.39 is 5.60 Å². The molecule has 1 aliphatic carbocycles. The number of hydrogen-bond acceptors (Lipinski definition) is 3. The van der Waals surface area contributed by atoms with Crippen LogP contribution in [0.4, 0.5) is 0 Å². The second kappa shape index (κ2) is 12.8. The predicted molar refractivity (Wildman–Crippen MR) is 124 cm³/mol. The average molecular weight is 496 g/mol. The molecule has 6 nitrogen and oxygen atoms in total. The van der Waals surface area contributed by atoms with E-state index in [0.717, 1.165) is 57.9 Å². The summed E-state index contributed by atoms with van der Waals surface area (Å²) < 4.78 is 0. The van der Waals surface area contributed by atoms with Gasteiger partial charge in [-0.05, 0) is 32.6 Å². The zero-order valence-electron chi connectivity index (χ0n) is 17.9. The van der Waals surface area contributed by atoms with Crippen LogP contribution in [-0.4, -0.2) is 61.2 Å². The van der Waals surface area contributed by atoms with Crippen molar-refractivity contribution < 1.29 is 9.90 Å². The molecule has 3 N–H and O–H groups in total. The number of nitrogens with one attached hydrogen (secondary N) is 2. The molecule has 0 atom stereocenters. The fraction of sp³-hybridized carbons (Fsp3) is 0.900. The number of rotatable bonds is 10. The maximum atomic E-state index is 12.7. The van der Waals surface area contributed by atoms with Crippen molar-refractivity contribution in [3.05, 3.63) is 0 Å². The first-order valence-electron chi connectivity index (χ1n) is 10.3. The number of aliphatic hydroxyl groups is 1. The Morgan fingerprint density at radius 2 is 1.67 bits per heavy atom. The van der Waals surface area contributed by atoms with Gasteiger partial charge in [-0.1, -0.05) is 39.5 Å². The lowest BCUT2D eigenvalue weighted by molar-refractivity contribution is -0.138. The minimum atomic E-state index is -0.740. The molecule has 0 aromatic carbocycles. The summed E-state index contributed by atoms with van der Waals surface area (Å²) >= 11 is 0. The predicted octanol–water partition coefficient (Wildman–Crippen LogP) is 3.14. The number of carbonyl (C=O) groups excluding carboxylic acids is 1. The maximum absolute atomic E-state index is 12.7. The Labute approximate surface area is 183 Å². The summed E-state index contributed by atoms with van der Waals surface area (Å²) in [5, 5.41) is 17.4. The smallest absolute Gasteiger partial charge is 0.230 e. The highest BCUT2D eigenvalue weighted by molar-refractivity contribution is 14.0. The van der Waals surface area contributed by atoms with Crippen molar-refractivity contribution in [2.24, 2.45) is 10.4 Å². The molecular weight excluding hydrogens is 455 g/mol. The molecule has 0 aromatic heterocycles. The van der Waals surface area contributed by atoms with E-state index in [1.807, 2.05) is 21.0 Å². The van der Waals surface area contributed by atoms with E-state index in [2.05, 4.69) is 29.5 Å². The largest absolute Gasteiger partial charge is 0.388 e. The molecule has 0 radical (unpaired) electrons. The molecule has 7 heteroatoms. The first-order valence-corrected chi connectivity index (χ1v) is 10.3. The first kappa shape index (κ1) is 26.4. The number of hydrogen-bond donors (Lipinski definition) is 3. The van der Waals surface area contributed by atoms with Crippen LogP contribution in [0.5, 0.6) is 0 Å². The molecule has 1 saturated carbocycles. The zero-order valence-corrected chi connectivity index (χ0v) is 20.3. The van der Waals surface area contributed by atoms with Gasteiger partial charge in [-0.2, -0.15) is 0 Å². The molecule has 0 aromatic rings.